The van der Waals surface area contributed by atoms with Crippen LogP contribution in [-0.4, -0.2) is 18.3 Å². The van der Waals surface area contributed by atoms with Crippen LogP contribution in [0.3, 0.4) is 0 Å². The average molecular weight is 327 g/mol. The fourth-order valence-corrected chi connectivity index (χ4v) is 3.25. The van der Waals surface area contributed by atoms with E-state index in [0.29, 0.717) is 0 Å². The number of hydrogen-bond acceptors (Lipinski definition) is 3. The van der Waals surface area contributed by atoms with Crippen LogP contribution < -0.4 is 5.32 Å². The van der Waals surface area contributed by atoms with Gasteiger partial charge >= 0.3 is 0 Å². The van der Waals surface area contributed by atoms with Gasteiger partial charge in [-0.25, -0.2) is 0 Å². The standard InChI is InChI=1S/C14H19BrN2S/c1-3-14(11-16,17-2)8-5-9-18-13-7-4-6-12(15)10-13/h4,6-7,10,17H,3,5,8-9H2,1-2H3. The molecule has 0 heterocycles. The molecule has 0 radical (unpaired) electrons. The number of benzene rings is 1. The van der Waals surface area contributed by atoms with Crippen LogP contribution in [0.1, 0.15) is 26.2 Å². The van der Waals surface area contributed by atoms with Crippen molar-refractivity contribution in [3.63, 3.8) is 0 Å². The number of rotatable bonds is 7. The predicted molar refractivity (Wildman–Crippen MR) is 81.8 cm³/mol. The van der Waals surface area contributed by atoms with Gasteiger partial charge in [-0.05, 0) is 50.3 Å². The molecule has 2 nitrogen and oxygen atoms in total. The maximum Gasteiger partial charge on any atom is 0.106 e. The van der Waals surface area contributed by atoms with Gasteiger partial charge in [0.05, 0.1) is 6.07 Å². The van der Waals surface area contributed by atoms with Gasteiger partial charge in [-0.2, -0.15) is 5.26 Å². The molecule has 1 atom stereocenters. The first-order chi connectivity index (χ1) is 8.65. The van der Waals surface area contributed by atoms with Gasteiger partial charge in [-0.1, -0.05) is 28.9 Å². The molecule has 0 aliphatic rings. The minimum absolute atomic E-state index is 0.349. The third kappa shape index (κ3) is 4.64. The lowest BCUT2D eigenvalue weighted by molar-refractivity contribution is 0.400. The minimum atomic E-state index is -0.349. The zero-order valence-corrected chi connectivity index (χ0v) is 13.3. The van der Waals surface area contributed by atoms with Crippen molar-refractivity contribution < 1.29 is 0 Å². The maximum atomic E-state index is 9.20. The van der Waals surface area contributed by atoms with Crippen LogP contribution in [0.2, 0.25) is 0 Å². The molecule has 0 aromatic heterocycles. The van der Waals surface area contributed by atoms with Crippen LogP contribution in [0.25, 0.3) is 0 Å². The molecule has 0 spiro atoms. The molecule has 0 aliphatic heterocycles. The molecule has 1 rings (SSSR count). The zero-order valence-electron chi connectivity index (χ0n) is 10.9. The molecule has 98 valence electrons. The van der Waals surface area contributed by atoms with Gasteiger partial charge < -0.3 is 5.32 Å². The van der Waals surface area contributed by atoms with Crippen molar-refractivity contribution in [1.29, 1.82) is 5.26 Å². The number of nitrogens with zero attached hydrogens (tertiary/aromatic N) is 1. The first-order valence-corrected chi connectivity index (χ1v) is 7.92. The highest BCUT2D eigenvalue weighted by Crippen LogP contribution is 2.24. The SMILES string of the molecule is CCC(C#N)(CCCSc1cccc(Br)c1)NC. The highest BCUT2D eigenvalue weighted by Gasteiger charge is 2.24. The molecule has 0 bridgehead atoms. The largest absolute Gasteiger partial charge is 0.302 e. The van der Waals surface area contributed by atoms with Crippen molar-refractivity contribution in [3.05, 3.63) is 28.7 Å². The second-order valence-electron chi connectivity index (χ2n) is 4.21. The monoisotopic (exact) mass is 326 g/mol. The smallest absolute Gasteiger partial charge is 0.106 e. The second-order valence-corrected chi connectivity index (χ2v) is 6.29. The summed E-state index contributed by atoms with van der Waals surface area (Å²) >= 11 is 5.31. The summed E-state index contributed by atoms with van der Waals surface area (Å²) in [6, 6.07) is 10.7. The molecule has 0 fully saturated rings. The molecule has 0 saturated heterocycles. The Kier molecular flexibility index (Phi) is 6.77. The van der Waals surface area contributed by atoms with E-state index >= 15 is 0 Å². The van der Waals surface area contributed by atoms with Crippen molar-refractivity contribution in [2.45, 2.75) is 36.6 Å². The predicted octanol–water partition coefficient (Wildman–Crippen LogP) is 4.21. The quantitative estimate of drug-likeness (QED) is 0.602. The first kappa shape index (κ1) is 15.6. The summed E-state index contributed by atoms with van der Waals surface area (Å²) in [7, 11) is 1.87. The molecular weight excluding hydrogens is 308 g/mol. The van der Waals surface area contributed by atoms with Crippen LogP contribution in [0.4, 0.5) is 0 Å². The molecule has 4 heteroatoms. The third-order valence-corrected chi connectivity index (χ3v) is 4.68. The Bertz CT molecular complexity index is 411. The lowest BCUT2D eigenvalue weighted by atomic mass is 9.93. The normalized spacial score (nSPS) is 13.9. The molecule has 1 unspecified atom stereocenters. The summed E-state index contributed by atoms with van der Waals surface area (Å²) in [6.45, 7) is 2.06. The Morgan fingerprint density at radius 2 is 2.28 bits per heavy atom. The van der Waals surface area contributed by atoms with E-state index < -0.39 is 0 Å². The van der Waals surface area contributed by atoms with E-state index in [1.165, 1.54) is 4.90 Å². The van der Waals surface area contributed by atoms with Crippen molar-refractivity contribution in [1.82, 2.24) is 5.32 Å². The molecule has 1 aromatic rings. The van der Waals surface area contributed by atoms with E-state index in [0.717, 1.165) is 29.5 Å². The summed E-state index contributed by atoms with van der Waals surface area (Å²) in [5.74, 6) is 1.04. The van der Waals surface area contributed by atoms with Crippen molar-refractivity contribution >= 4 is 27.7 Å². The number of halogens is 1. The van der Waals surface area contributed by atoms with E-state index in [4.69, 9.17) is 0 Å². The van der Waals surface area contributed by atoms with Gasteiger partial charge in [0.1, 0.15) is 5.54 Å². The summed E-state index contributed by atoms with van der Waals surface area (Å²) in [4.78, 5) is 1.27. The second kappa shape index (κ2) is 7.83. The zero-order chi connectivity index (χ0) is 13.4. The van der Waals surface area contributed by atoms with Crippen LogP contribution >= 0.6 is 27.7 Å². The van der Waals surface area contributed by atoms with Gasteiger partial charge in [-0.3, -0.25) is 0 Å². The van der Waals surface area contributed by atoms with Crippen LogP contribution in [-0.2, 0) is 0 Å². The van der Waals surface area contributed by atoms with Crippen LogP contribution in [0.5, 0.6) is 0 Å². The lowest BCUT2D eigenvalue weighted by Crippen LogP contribution is -2.40. The maximum absolute atomic E-state index is 9.20. The van der Waals surface area contributed by atoms with E-state index in [1.807, 2.05) is 30.9 Å². The number of nitrogens with one attached hydrogen (secondary N) is 1. The number of hydrogen-bond donors (Lipinski definition) is 1. The van der Waals surface area contributed by atoms with Gasteiger partial charge in [0.2, 0.25) is 0 Å². The van der Waals surface area contributed by atoms with Crippen LogP contribution in [0.15, 0.2) is 33.6 Å². The molecule has 1 N–H and O–H groups in total. The van der Waals surface area contributed by atoms with Crippen molar-refractivity contribution in [3.8, 4) is 6.07 Å². The third-order valence-electron chi connectivity index (χ3n) is 3.11. The van der Waals surface area contributed by atoms with E-state index in [2.05, 4.69) is 46.4 Å². The summed E-state index contributed by atoms with van der Waals surface area (Å²) in [5, 5.41) is 12.3. The van der Waals surface area contributed by atoms with Gasteiger partial charge in [0.15, 0.2) is 0 Å². The topological polar surface area (TPSA) is 35.8 Å². The highest BCUT2D eigenvalue weighted by molar-refractivity contribution is 9.10. The number of nitriles is 1. The Labute approximate surface area is 122 Å². The van der Waals surface area contributed by atoms with Crippen molar-refractivity contribution in [2.24, 2.45) is 0 Å². The fourth-order valence-electron chi connectivity index (χ4n) is 1.79. The Morgan fingerprint density at radius 1 is 1.50 bits per heavy atom. The Morgan fingerprint density at radius 3 is 2.83 bits per heavy atom. The fraction of sp³-hybridized carbons (Fsp3) is 0.500. The molecule has 0 aliphatic carbocycles. The van der Waals surface area contributed by atoms with Crippen molar-refractivity contribution in [2.75, 3.05) is 12.8 Å². The molecule has 0 saturated carbocycles. The van der Waals surface area contributed by atoms with E-state index in [1.54, 1.807) is 0 Å². The molecule has 0 amide bonds. The lowest BCUT2D eigenvalue weighted by Gasteiger charge is -2.24. The van der Waals surface area contributed by atoms with Crippen LogP contribution in [0, 0.1) is 11.3 Å². The Balaban J connectivity index is 2.37. The molecular formula is C14H19BrN2S. The first-order valence-electron chi connectivity index (χ1n) is 6.14. The van der Waals surface area contributed by atoms with Gasteiger partial charge in [0.25, 0.3) is 0 Å². The summed E-state index contributed by atoms with van der Waals surface area (Å²) < 4.78 is 1.11. The van der Waals surface area contributed by atoms with E-state index in [9.17, 15) is 5.26 Å². The molecule has 18 heavy (non-hydrogen) atoms. The average Bonchev–Trinajstić information content (AvgIpc) is 2.40. The van der Waals surface area contributed by atoms with Gasteiger partial charge in [-0.15, -0.1) is 11.8 Å². The van der Waals surface area contributed by atoms with E-state index in [-0.39, 0.29) is 5.54 Å². The Hall–Kier alpha value is -0.500. The molecule has 1 aromatic carbocycles. The van der Waals surface area contributed by atoms with Gasteiger partial charge in [0, 0.05) is 9.37 Å². The number of thioether (sulfide) groups is 1. The highest BCUT2D eigenvalue weighted by atomic mass is 79.9. The summed E-state index contributed by atoms with van der Waals surface area (Å²) in [6.07, 6.45) is 2.79. The minimum Gasteiger partial charge on any atom is -0.302 e. The summed E-state index contributed by atoms with van der Waals surface area (Å²) in [5.41, 5.74) is -0.349.